The van der Waals surface area contributed by atoms with Crippen molar-refractivity contribution in [3.8, 4) is 23.0 Å². The number of aromatic nitrogens is 1. The summed E-state index contributed by atoms with van der Waals surface area (Å²) in [5, 5.41) is 6.51. The molecule has 0 saturated heterocycles. The first kappa shape index (κ1) is 24.5. The molecule has 31 heavy (non-hydrogen) atoms. The first-order chi connectivity index (χ1) is 14.7. The van der Waals surface area contributed by atoms with E-state index in [1.54, 1.807) is 20.4 Å². The number of guanidine groups is 1. The number of hydrogen-bond donors (Lipinski definition) is 2. The van der Waals surface area contributed by atoms with E-state index in [1.807, 2.05) is 48.5 Å². The third-order valence-corrected chi connectivity index (χ3v) is 4.43. The lowest BCUT2D eigenvalue weighted by Gasteiger charge is -2.11. The molecule has 0 radical (unpaired) electrons. The van der Waals surface area contributed by atoms with Crippen LogP contribution in [0.2, 0.25) is 0 Å². The monoisotopic (exact) mass is 536 g/mol. The van der Waals surface area contributed by atoms with Crippen LogP contribution < -0.4 is 20.1 Å². The number of rotatable bonds is 9. The number of aliphatic imine (C=N–C) groups is 1. The van der Waals surface area contributed by atoms with Crippen LogP contribution in [0.4, 0.5) is 0 Å². The van der Waals surface area contributed by atoms with Crippen LogP contribution in [0.3, 0.4) is 0 Å². The van der Waals surface area contributed by atoms with Gasteiger partial charge in [0.05, 0.1) is 26.0 Å². The average Bonchev–Trinajstić information content (AvgIpc) is 3.25. The summed E-state index contributed by atoms with van der Waals surface area (Å²) < 4.78 is 16.5. The maximum atomic E-state index is 5.74. The van der Waals surface area contributed by atoms with Crippen molar-refractivity contribution in [1.82, 2.24) is 15.6 Å². The van der Waals surface area contributed by atoms with Crippen LogP contribution in [0.25, 0.3) is 11.5 Å². The van der Waals surface area contributed by atoms with Gasteiger partial charge >= 0.3 is 0 Å². The molecule has 0 bridgehead atoms. The molecule has 3 rings (SSSR count). The van der Waals surface area contributed by atoms with Gasteiger partial charge in [-0.25, -0.2) is 4.98 Å². The van der Waals surface area contributed by atoms with Crippen LogP contribution in [0.1, 0.15) is 17.7 Å². The predicted octanol–water partition coefficient (Wildman–Crippen LogP) is 4.41. The van der Waals surface area contributed by atoms with Gasteiger partial charge in [-0.05, 0) is 37.6 Å². The van der Waals surface area contributed by atoms with E-state index in [2.05, 4.69) is 27.5 Å². The Hall–Kier alpha value is -2.75. The first-order valence-electron chi connectivity index (χ1n) is 9.91. The molecule has 0 spiro atoms. The number of oxazole rings is 1. The summed E-state index contributed by atoms with van der Waals surface area (Å²) in [4.78, 5) is 8.77. The summed E-state index contributed by atoms with van der Waals surface area (Å²) in [6.07, 6.45) is 2.50. The Morgan fingerprint density at radius 1 is 1.10 bits per heavy atom. The maximum Gasteiger partial charge on any atom is 0.226 e. The van der Waals surface area contributed by atoms with Gasteiger partial charge in [0.25, 0.3) is 0 Å². The molecule has 0 atom stereocenters. The molecule has 0 aliphatic carbocycles. The van der Waals surface area contributed by atoms with Crippen LogP contribution in [-0.4, -0.2) is 38.3 Å². The molecular weight excluding hydrogens is 507 g/mol. The molecular formula is C23H29IN4O3. The molecule has 2 aromatic carbocycles. The van der Waals surface area contributed by atoms with E-state index in [9.17, 15) is 0 Å². The lowest BCUT2D eigenvalue weighted by molar-refractivity contribution is 0.308. The highest BCUT2D eigenvalue weighted by atomic mass is 127. The highest BCUT2D eigenvalue weighted by Gasteiger charge is 2.07. The number of aryl methyl sites for hydroxylation is 1. The lowest BCUT2D eigenvalue weighted by atomic mass is 10.1. The number of halogens is 1. The van der Waals surface area contributed by atoms with E-state index in [0.29, 0.717) is 25.0 Å². The Bertz CT molecular complexity index is 957. The minimum absolute atomic E-state index is 0. The van der Waals surface area contributed by atoms with E-state index < -0.39 is 0 Å². The molecule has 0 aliphatic rings. The summed E-state index contributed by atoms with van der Waals surface area (Å²) in [6.45, 7) is 3.91. The molecule has 0 saturated carbocycles. The van der Waals surface area contributed by atoms with Gasteiger partial charge in [0.2, 0.25) is 5.89 Å². The average molecular weight is 536 g/mol. The minimum atomic E-state index is 0. The van der Waals surface area contributed by atoms with Crippen LogP contribution in [0.5, 0.6) is 11.5 Å². The topological polar surface area (TPSA) is 80.9 Å². The molecule has 166 valence electrons. The summed E-state index contributed by atoms with van der Waals surface area (Å²) in [5.74, 6) is 2.90. The molecule has 0 amide bonds. The van der Waals surface area contributed by atoms with E-state index in [-0.39, 0.29) is 24.0 Å². The summed E-state index contributed by atoms with van der Waals surface area (Å²) in [5.41, 5.74) is 2.98. The fourth-order valence-electron chi connectivity index (χ4n) is 2.77. The van der Waals surface area contributed by atoms with Crippen molar-refractivity contribution in [3.05, 3.63) is 66.1 Å². The van der Waals surface area contributed by atoms with Crippen molar-refractivity contribution < 1.29 is 13.9 Å². The molecule has 2 N–H and O–H groups in total. The van der Waals surface area contributed by atoms with Crippen LogP contribution >= 0.6 is 24.0 Å². The second kappa shape index (κ2) is 12.8. The van der Waals surface area contributed by atoms with Crippen molar-refractivity contribution in [3.63, 3.8) is 0 Å². The second-order valence-electron chi connectivity index (χ2n) is 6.74. The molecule has 1 heterocycles. The fraction of sp³-hybridized carbons (Fsp3) is 0.304. The van der Waals surface area contributed by atoms with Crippen LogP contribution in [0, 0.1) is 6.92 Å². The Morgan fingerprint density at radius 3 is 2.61 bits per heavy atom. The third kappa shape index (κ3) is 7.78. The quantitative estimate of drug-likeness (QED) is 0.183. The number of benzene rings is 2. The van der Waals surface area contributed by atoms with Crippen molar-refractivity contribution >= 4 is 29.9 Å². The molecule has 0 unspecified atom stereocenters. The number of hydrogen-bond acceptors (Lipinski definition) is 5. The number of ether oxygens (including phenoxy) is 2. The SMILES string of the molecule is CN=C(NCCCOc1cccc(OC)c1)NCc1coc(-c2ccc(C)cc2)n1.I. The summed E-state index contributed by atoms with van der Waals surface area (Å²) in [6, 6.07) is 15.7. The van der Waals surface area contributed by atoms with E-state index in [1.165, 1.54) is 5.56 Å². The maximum absolute atomic E-state index is 5.74. The molecule has 3 aromatic rings. The van der Waals surface area contributed by atoms with Crippen molar-refractivity contribution in [2.75, 3.05) is 27.3 Å². The molecule has 0 fully saturated rings. The zero-order chi connectivity index (χ0) is 21.2. The third-order valence-electron chi connectivity index (χ3n) is 4.43. The number of methoxy groups -OCH3 is 1. The van der Waals surface area contributed by atoms with E-state index in [0.717, 1.165) is 35.7 Å². The Morgan fingerprint density at radius 2 is 1.87 bits per heavy atom. The highest BCUT2D eigenvalue weighted by Crippen LogP contribution is 2.19. The zero-order valence-corrected chi connectivity index (χ0v) is 20.4. The van der Waals surface area contributed by atoms with Crippen LogP contribution in [0.15, 0.2) is 64.2 Å². The fourth-order valence-corrected chi connectivity index (χ4v) is 2.77. The molecule has 7 nitrogen and oxygen atoms in total. The second-order valence-corrected chi connectivity index (χ2v) is 6.74. The molecule has 8 heteroatoms. The number of nitrogens with one attached hydrogen (secondary N) is 2. The standard InChI is InChI=1S/C23H28N4O3.HI/c1-17-8-10-18(11-9-17)22-27-19(16-30-22)15-26-23(24-2)25-12-5-13-29-21-7-4-6-20(14-21)28-3;/h4,6-11,14,16H,5,12-13,15H2,1-3H3,(H2,24,25,26);1H. The molecule has 1 aromatic heterocycles. The van der Waals surface area contributed by atoms with Gasteiger partial charge in [0, 0.05) is 25.2 Å². The summed E-state index contributed by atoms with van der Waals surface area (Å²) in [7, 11) is 3.38. The van der Waals surface area contributed by atoms with Gasteiger partial charge in [-0.1, -0.05) is 23.8 Å². The normalized spacial score (nSPS) is 10.9. The van der Waals surface area contributed by atoms with E-state index in [4.69, 9.17) is 13.9 Å². The van der Waals surface area contributed by atoms with Gasteiger partial charge in [0.15, 0.2) is 5.96 Å². The zero-order valence-electron chi connectivity index (χ0n) is 18.1. The Labute approximate surface area is 200 Å². The van der Waals surface area contributed by atoms with Gasteiger partial charge in [-0.3, -0.25) is 4.99 Å². The van der Waals surface area contributed by atoms with Gasteiger partial charge in [0.1, 0.15) is 17.8 Å². The lowest BCUT2D eigenvalue weighted by Crippen LogP contribution is -2.37. The van der Waals surface area contributed by atoms with Crippen LogP contribution in [-0.2, 0) is 6.54 Å². The van der Waals surface area contributed by atoms with Gasteiger partial charge in [-0.15, -0.1) is 24.0 Å². The van der Waals surface area contributed by atoms with Gasteiger partial charge < -0.3 is 24.5 Å². The largest absolute Gasteiger partial charge is 0.497 e. The smallest absolute Gasteiger partial charge is 0.226 e. The van der Waals surface area contributed by atoms with Crippen molar-refractivity contribution in [2.45, 2.75) is 19.9 Å². The highest BCUT2D eigenvalue weighted by molar-refractivity contribution is 14.0. The summed E-state index contributed by atoms with van der Waals surface area (Å²) >= 11 is 0. The molecule has 0 aliphatic heterocycles. The van der Waals surface area contributed by atoms with Crippen molar-refractivity contribution in [2.24, 2.45) is 4.99 Å². The Balaban J connectivity index is 0.00000341. The number of nitrogens with zero attached hydrogens (tertiary/aromatic N) is 2. The van der Waals surface area contributed by atoms with Crippen molar-refractivity contribution in [1.29, 1.82) is 0 Å². The first-order valence-corrected chi connectivity index (χ1v) is 9.91. The predicted molar refractivity (Wildman–Crippen MR) is 133 cm³/mol. The van der Waals surface area contributed by atoms with Gasteiger partial charge in [-0.2, -0.15) is 0 Å². The Kier molecular flexibility index (Phi) is 10.2. The van der Waals surface area contributed by atoms with E-state index >= 15 is 0 Å². The minimum Gasteiger partial charge on any atom is -0.497 e.